The van der Waals surface area contributed by atoms with Gasteiger partial charge < -0.3 is 5.32 Å². The summed E-state index contributed by atoms with van der Waals surface area (Å²) >= 11 is 0. The lowest BCUT2D eigenvalue weighted by atomic mass is 10.1. The highest BCUT2D eigenvalue weighted by atomic mass is 16.1. The second-order valence-corrected chi connectivity index (χ2v) is 4.04. The first-order valence-corrected chi connectivity index (χ1v) is 6.08. The molecule has 0 aromatic heterocycles. The van der Waals surface area contributed by atoms with Gasteiger partial charge in [0.15, 0.2) is 0 Å². The summed E-state index contributed by atoms with van der Waals surface area (Å²) < 4.78 is 0. The van der Waals surface area contributed by atoms with Gasteiger partial charge in [-0.1, -0.05) is 25.0 Å². The van der Waals surface area contributed by atoms with Crippen LogP contribution in [0.3, 0.4) is 0 Å². The molecule has 0 aliphatic rings. The summed E-state index contributed by atoms with van der Waals surface area (Å²) in [5.74, 6) is 2.73. The van der Waals surface area contributed by atoms with Crippen molar-refractivity contribution in [2.45, 2.75) is 32.6 Å². The monoisotopic (exact) mass is 229 g/mol. The summed E-state index contributed by atoms with van der Waals surface area (Å²) in [7, 11) is 0. The summed E-state index contributed by atoms with van der Waals surface area (Å²) in [6, 6.07) is 7.93. The van der Waals surface area contributed by atoms with Gasteiger partial charge in [0.25, 0.3) is 0 Å². The molecule has 0 aliphatic carbocycles. The number of carbonyl (C=O) groups is 1. The zero-order valence-electron chi connectivity index (χ0n) is 10.3. The number of nitrogens with one attached hydrogen (secondary N) is 1. The number of amides is 1. The van der Waals surface area contributed by atoms with Crippen molar-refractivity contribution in [1.82, 2.24) is 5.32 Å². The Morgan fingerprint density at radius 3 is 2.65 bits per heavy atom. The summed E-state index contributed by atoms with van der Waals surface area (Å²) in [6.45, 7) is 2.82. The van der Waals surface area contributed by atoms with E-state index < -0.39 is 0 Å². The number of hydrogen-bond donors (Lipinski definition) is 1. The molecule has 1 rings (SSSR count). The maximum atomic E-state index is 11.4. The van der Waals surface area contributed by atoms with Crippen molar-refractivity contribution in [2.24, 2.45) is 0 Å². The Hall–Kier alpha value is -1.75. The number of aryl methyl sites for hydroxylation is 1. The van der Waals surface area contributed by atoms with Crippen molar-refractivity contribution < 1.29 is 4.79 Å². The molecular weight excluding hydrogens is 210 g/mol. The minimum absolute atomic E-state index is 0.145. The molecule has 0 saturated heterocycles. The maximum Gasteiger partial charge on any atom is 0.220 e. The SMILES string of the molecule is C#Cc1ccc(CCCC(=O)NCCC)cc1. The van der Waals surface area contributed by atoms with Crippen molar-refractivity contribution in [1.29, 1.82) is 0 Å². The molecule has 0 heterocycles. The third-order valence-corrected chi connectivity index (χ3v) is 2.56. The molecule has 0 atom stereocenters. The van der Waals surface area contributed by atoms with Gasteiger partial charge in [-0.15, -0.1) is 6.42 Å². The van der Waals surface area contributed by atoms with Gasteiger partial charge in [-0.2, -0.15) is 0 Å². The lowest BCUT2D eigenvalue weighted by Gasteiger charge is -2.03. The molecule has 0 unspecified atom stereocenters. The van der Waals surface area contributed by atoms with Crippen LogP contribution in [-0.2, 0) is 11.2 Å². The van der Waals surface area contributed by atoms with Gasteiger partial charge in [0.2, 0.25) is 5.91 Å². The molecule has 0 saturated carbocycles. The first kappa shape index (κ1) is 13.3. The highest BCUT2D eigenvalue weighted by Crippen LogP contribution is 2.07. The Bertz CT molecular complexity index is 386. The summed E-state index contributed by atoms with van der Waals surface area (Å²) in [5, 5.41) is 2.87. The van der Waals surface area contributed by atoms with Crippen LogP contribution in [0, 0.1) is 12.3 Å². The lowest BCUT2D eigenvalue weighted by molar-refractivity contribution is -0.121. The molecule has 1 N–H and O–H groups in total. The third-order valence-electron chi connectivity index (χ3n) is 2.56. The van der Waals surface area contributed by atoms with Crippen LogP contribution in [0.5, 0.6) is 0 Å². The first-order chi connectivity index (χ1) is 8.26. The average molecular weight is 229 g/mol. The zero-order valence-corrected chi connectivity index (χ0v) is 10.3. The first-order valence-electron chi connectivity index (χ1n) is 6.08. The number of benzene rings is 1. The van der Waals surface area contributed by atoms with Gasteiger partial charge in [0.05, 0.1) is 0 Å². The van der Waals surface area contributed by atoms with Gasteiger partial charge >= 0.3 is 0 Å². The molecule has 90 valence electrons. The Labute approximate surface area is 103 Å². The quantitative estimate of drug-likeness (QED) is 0.746. The highest BCUT2D eigenvalue weighted by Gasteiger charge is 2.00. The lowest BCUT2D eigenvalue weighted by Crippen LogP contribution is -2.23. The largest absolute Gasteiger partial charge is 0.356 e. The molecule has 1 amide bonds. The third kappa shape index (κ3) is 5.21. The maximum absolute atomic E-state index is 11.4. The normalized spacial score (nSPS) is 9.65. The zero-order chi connectivity index (χ0) is 12.5. The second kappa shape index (κ2) is 7.51. The molecule has 2 heteroatoms. The van der Waals surface area contributed by atoms with E-state index in [2.05, 4.69) is 11.2 Å². The van der Waals surface area contributed by atoms with Crippen LogP contribution >= 0.6 is 0 Å². The molecule has 0 fully saturated rings. The summed E-state index contributed by atoms with van der Waals surface area (Å²) in [5.41, 5.74) is 2.13. The van der Waals surface area contributed by atoms with E-state index in [1.165, 1.54) is 5.56 Å². The molecule has 0 radical (unpaired) electrons. The van der Waals surface area contributed by atoms with Gasteiger partial charge in [0, 0.05) is 18.5 Å². The van der Waals surface area contributed by atoms with Crippen LogP contribution in [0.25, 0.3) is 0 Å². The summed E-state index contributed by atoms with van der Waals surface area (Å²) in [6.07, 6.45) is 8.66. The van der Waals surface area contributed by atoms with Crippen LogP contribution < -0.4 is 5.32 Å². The van der Waals surface area contributed by atoms with Crippen molar-refractivity contribution in [3.05, 3.63) is 35.4 Å². The molecular formula is C15H19NO. The molecule has 0 aliphatic heterocycles. The van der Waals surface area contributed by atoms with E-state index in [0.717, 1.165) is 31.4 Å². The van der Waals surface area contributed by atoms with Crippen LogP contribution in [-0.4, -0.2) is 12.5 Å². The van der Waals surface area contributed by atoms with Crippen LogP contribution in [0.4, 0.5) is 0 Å². The van der Waals surface area contributed by atoms with Crippen LogP contribution in [0.15, 0.2) is 24.3 Å². The van der Waals surface area contributed by atoms with Gasteiger partial charge in [-0.05, 0) is 37.0 Å². The summed E-state index contributed by atoms with van der Waals surface area (Å²) in [4.78, 5) is 11.4. The topological polar surface area (TPSA) is 29.1 Å². The molecule has 0 bridgehead atoms. The smallest absolute Gasteiger partial charge is 0.220 e. The van der Waals surface area contributed by atoms with Crippen LogP contribution in [0.1, 0.15) is 37.3 Å². The highest BCUT2D eigenvalue weighted by molar-refractivity contribution is 5.75. The van der Waals surface area contributed by atoms with Gasteiger partial charge in [0.1, 0.15) is 0 Å². The molecule has 2 nitrogen and oxygen atoms in total. The molecule has 1 aromatic rings. The van der Waals surface area contributed by atoms with E-state index in [1.54, 1.807) is 0 Å². The molecule has 0 spiro atoms. The molecule has 1 aromatic carbocycles. The molecule has 17 heavy (non-hydrogen) atoms. The predicted molar refractivity (Wildman–Crippen MR) is 70.6 cm³/mol. The van der Waals surface area contributed by atoms with Gasteiger partial charge in [-0.25, -0.2) is 0 Å². The standard InChI is InChI=1S/C15H19NO/c1-3-12-16-15(17)7-5-6-14-10-8-13(4-2)9-11-14/h2,8-11H,3,5-7,12H2,1H3,(H,16,17). The van der Waals surface area contributed by atoms with E-state index in [0.29, 0.717) is 6.42 Å². The van der Waals surface area contributed by atoms with E-state index in [1.807, 2.05) is 31.2 Å². The van der Waals surface area contributed by atoms with Crippen LogP contribution in [0.2, 0.25) is 0 Å². The van der Waals surface area contributed by atoms with E-state index in [9.17, 15) is 4.79 Å². The van der Waals surface area contributed by atoms with Crippen molar-refractivity contribution in [3.8, 4) is 12.3 Å². The van der Waals surface area contributed by atoms with E-state index in [4.69, 9.17) is 6.42 Å². The fourth-order valence-electron chi connectivity index (χ4n) is 1.57. The van der Waals surface area contributed by atoms with Crippen molar-refractivity contribution in [3.63, 3.8) is 0 Å². The predicted octanol–water partition coefficient (Wildman–Crippen LogP) is 2.52. The fraction of sp³-hybridized carbons (Fsp3) is 0.400. The van der Waals surface area contributed by atoms with Crippen molar-refractivity contribution >= 4 is 5.91 Å². The fourth-order valence-corrected chi connectivity index (χ4v) is 1.57. The minimum atomic E-state index is 0.145. The Kier molecular flexibility index (Phi) is 5.88. The number of terminal acetylenes is 1. The minimum Gasteiger partial charge on any atom is -0.356 e. The number of rotatable bonds is 6. The van der Waals surface area contributed by atoms with Gasteiger partial charge in [-0.3, -0.25) is 4.79 Å². The number of hydrogen-bond acceptors (Lipinski definition) is 1. The Morgan fingerprint density at radius 1 is 1.35 bits per heavy atom. The Morgan fingerprint density at radius 2 is 2.06 bits per heavy atom. The average Bonchev–Trinajstić information content (AvgIpc) is 2.37. The van der Waals surface area contributed by atoms with E-state index in [-0.39, 0.29) is 5.91 Å². The number of carbonyl (C=O) groups excluding carboxylic acids is 1. The Balaban J connectivity index is 2.26. The second-order valence-electron chi connectivity index (χ2n) is 4.04. The van der Waals surface area contributed by atoms with Crippen molar-refractivity contribution in [2.75, 3.05) is 6.54 Å². The van der Waals surface area contributed by atoms with E-state index >= 15 is 0 Å².